The van der Waals surface area contributed by atoms with Crippen molar-refractivity contribution in [3.05, 3.63) is 77.5 Å². The van der Waals surface area contributed by atoms with Crippen LogP contribution in [0.2, 0.25) is 0 Å². The Labute approximate surface area is 152 Å². The van der Waals surface area contributed by atoms with Gasteiger partial charge in [0.1, 0.15) is 17.8 Å². The van der Waals surface area contributed by atoms with Gasteiger partial charge in [-0.15, -0.1) is 0 Å². The van der Waals surface area contributed by atoms with E-state index in [-0.39, 0.29) is 5.91 Å². The minimum atomic E-state index is -0.243. The molecular weight excluding hydrogens is 326 g/mol. The van der Waals surface area contributed by atoms with Crippen molar-refractivity contribution in [2.45, 2.75) is 26.8 Å². The first-order valence-electron chi connectivity index (χ1n) is 8.52. The van der Waals surface area contributed by atoms with Gasteiger partial charge in [-0.05, 0) is 42.2 Å². The van der Waals surface area contributed by atoms with Crippen molar-refractivity contribution >= 4 is 17.4 Å². The summed E-state index contributed by atoms with van der Waals surface area (Å²) in [5.74, 6) is 0.353. The average molecular weight is 347 g/mol. The molecule has 0 saturated carbocycles. The SMILES string of the molecule is CCc1cccc(C)c1Nc1cc(C(=O)NCc2ccncc2)ncn1. The van der Waals surface area contributed by atoms with Crippen molar-refractivity contribution in [2.24, 2.45) is 0 Å². The number of hydrogen-bond acceptors (Lipinski definition) is 5. The van der Waals surface area contributed by atoms with Crippen LogP contribution in [0.1, 0.15) is 34.1 Å². The number of carbonyl (C=O) groups is 1. The zero-order chi connectivity index (χ0) is 18.4. The third-order valence-electron chi connectivity index (χ3n) is 4.10. The van der Waals surface area contributed by atoms with Crippen LogP contribution in [0.15, 0.2) is 55.1 Å². The molecule has 0 spiro atoms. The maximum absolute atomic E-state index is 12.4. The van der Waals surface area contributed by atoms with Crippen LogP contribution >= 0.6 is 0 Å². The number of aryl methyl sites for hydroxylation is 2. The number of amides is 1. The second kappa shape index (κ2) is 8.20. The van der Waals surface area contributed by atoms with E-state index in [1.165, 1.54) is 11.9 Å². The lowest BCUT2D eigenvalue weighted by Crippen LogP contribution is -2.24. The molecule has 0 saturated heterocycles. The Kier molecular flexibility index (Phi) is 5.53. The number of hydrogen-bond donors (Lipinski definition) is 2. The largest absolute Gasteiger partial charge is 0.347 e. The normalized spacial score (nSPS) is 10.4. The van der Waals surface area contributed by atoms with Crippen LogP contribution < -0.4 is 10.6 Å². The summed E-state index contributed by atoms with van der Waals surface area (Å²) in [5.41, 5.74) is 4.66. The summed E-state index contributed by atoms with van der Waals surface area (Å²) < 4.78 is 0. The van der Waals surface area contributed by atoms with Crippen LogP contribution in [-0.4, -0.2) is 20.9 Å². The molecule has 0 atom stereocenters. The lowest BCUT2D eigenvalue weighted by molar-refractivity contribution is 0.0946. The van der Waals surface area contributed by atoms with Gasteiger partial charge in [-0.2, -0.15) is 0 Å². The van der Waals surface area contributed by atoms with Crippen LogP contribution in [0.5, 0.6) is 0 Å². The minimum absolute atomic E-state index is 0.243. The lowest BCUT2D eigenvalue weighted by atomic mass is 10.1. The molecule has 2 N–H and O–H groups in total. The van der Waals surface area contributed by atoms with Gasteiger partial charge in [0.15, 0.2) is 0 Å². The molecule has 0 unspecified atom stereocenters. The van der Waals surface area contributed by atoms with Gasteiger partial charge < -0.3 is 10.6 Å². The van der Waals surface area contributed by atoms with Crippen molar-refractivity contribution < 1.29 is 4.79 Å². The molecular formula is C20H21N5O. The number of carbonyl (C=O) groups excluding carboxylic acids is 1. The van der Waals surface area contributed by atoms with Gasteiger partial charge in [-0.1, -0.05) is 25.1 Å². The second-order valence-electron chi connectivity index (χ2n) is 5.91. The first kappa shape index (κ1) is 17.5. The summed E-state index contributed by atoms with van der Waals surface area (Å²) in [6.45, 7) is 4.58. The fourth-order valence-electron chi connectivity index (χ4n) is 2.65. The molecule has 6 heteroatoms. The first-order valence-corrected chi connectivity index (χ1v) is 8.52. The molecule has 1 aromatic carbocycles. The highest BCUT2D eigenvalue weighted by atomic mass is 16.1. The minimum Gasteiger partial charge on any atom is -0.347 e. The fraction of sp³-hybridized carbons (Fsp3) is 0.200. The number of nitrogens with one attached hydrogen (secondary N) is 2. The van der Waals surface area contributed by atoms with Gasteiger partial charge in [0.05, 0.1) is 0 Å². The summed E-state index contributed by atoms with van der Waals surface area (Å²) in [5, 5.41) is 6.18. The van der Waals surface area contributed by atoms with Crippen LogP contribution in [0.25, 0.3) is 0 Å². The van der Waals surface area contributed by atoms with Crippen LogP contribution in [-0.2, 0) is 13.0 Å². The van der Waals surface area contributed by atoms with Gasteiger partial charge in [-0.3, -0.25) is 9.78 Å². The van der Waals surface area contributed by atoms with Crippen LogP contribution in [0.4, 0.5) is 11.5 Å². The molecule has 3 rings (SSSR count). The average Bonchev–Trinajstić information content (AvgIpc) is 2.68. The highest BCUT2D eigenvalue weighted by Gasteiger charge is 2.10. The Bertz CT molecular complexity index is 896. The van der Waals surface area contributed by atoms with Gasteiger partial charge in [-0.25, -0.2) is 9.97 Å². The predicted octanol–water partition coefficient (Wildman–Crippen LogP) is 3.42. The summed E-state index contributed by atoms with van der Waals surface area (Å²) in [4.78, 5) is 24.7. The Morgan fingerprint density at radius 1 is 1.12 bits per heavy atom. The lowest BCUT2D eigenvalue weighted by Gasteiger charge is -2.13. The van der Waals surface area contributed by atoms with E-state index in [0.29, 0.717) is 18.1 Å². The Hall–Kier alpha value is -3.28. The Morgan fingerprint density at radius 3 is 2.69 bits per heavy atom. The smallest absolute Gasteiger partial charge is 0.270 e. The maximum Gasteiger partial charge on any atom is 0.270 e. The number of anilines is 2. The zero-order valence-electron chi connectivity index (χ0n) is 14.9. The van der Waals surface area contributed by atoms with E-state index in [9.17, 15) is 4.79 Å². The van der Waals surface area contributed by atoms with Crippen molar-refractivity contribution in [1.29, 1.82) is 0 Å². The number of rotatable bonds is 6. The summed E-state index contributed by atoms with van der Waals surface area (Å²) in [6.07, 6.45) is 5.70. The molecule has 3 aromatic rings. The number of aromatic nitrogens is 3. The highest BCUT2D eigenvalue weighted by Crippen LogP contribution is 2.24. The van der Waals surface area contributed by atoms with Crippen molar-refractivity contribution in [3.63, 3.8) is 0 Å². The van der Waals surface area contributed by atoms with Gasteiger partial charge >= 0.3 is 0 Å². The quantitative estimate of drug-likeness (QED) is 0.714. The molecule has 6 nitrogen and oxygen atoms in total. The number of benzene rings is 1. The molecule has 0 fully saturated rings. The predicted molar refractivity (Wildman–Crippen MR) is 101 cm³/mol. The molecule has 132 valence electrons. The first-order chi connectivity index (χ1) is 12.7. The number of nitrogens with zero attached hydrogens (tertiary/aromatic N) is 3. The summed E-state index contributed by atoms with van der Waals surface area (Å²) >= 11 is 0. The molecule has 1 amide bonds. The monoisotopic (exact) mass is 347 g/mol. The van der Waals surface area contributed by atoms with Gasteiger partial charge in [0, 0.05) is 30.7 Å². The van der Waals surface area contributed by atoms with E-state index in [4.69, 9.17) is 0 Å². The highest BCUT2D eigenvalue weighted by molar-refractivity contribution is 5.93. The third-order valence-corrected chi connectivity index (χ3v) is 4.10. The molecule has 26 heavy (non-hydrogen) atoms. The van der Waals surface area contributed by atoms with Gasteiger partial charge in [0.25, 0.3) is 5.91 Å². The van der Waals surface area contributed by atoms with Gasteiger partial charge in [0.2, 0.25) is 0 Å². The van der Waals surface area contributed by atoms with E-state index < -0.39 is 0 Å². The molecule has 0 aliphatic rings. The zero-order valence-corrected chi connectivity index (χ0v) is 14.9. The molecule has 0 aliphatic heterocycles. The third kappa shape index (κ3) is 4.22. The summed E-state index contributed by atoms with van der Waals surface area (Å²) in [7, 11) is 0. The maximum atomic E-state index is 12.4. The van der Waals surface area contributed by atoms with E-state index in [1.807, 2.05) is 31.2 Å². The van der Waals surface area contributed by atoms with Crippen LogP contribution in [0.3, 0.4) is 0 Å². The van der Waals surface area contributed by atoms with E-state index in [2.05, 4.69) is 38.6 Å². The topological polar surface area (TPSA) is 79.8 Å². The van der Waals surface area contributed by atoms with Crippen molar-refractivity contribution in [3.8, 4) is 0 Å². The molecule has 0 aliphatic carbocycles. The standard InChI is InChI=1S/C20H21N5O/c1-3-16-6-4-5-14(2)19(16)25-18-11-17(23-13-24-18)20(26)22-12-15-7-9-21-10-8-15/h4-11,13H,3,12H2,1-2H3,(H,22,26)(H,23,24,25). The van der Waals surface area contributed by atoms with Crippen molar-refractivity contribution in [2.75, 3.05) is 5.32 Å². The van der Waals surface area contributed by atoms with E-state index in [0.717, 1.165) is 23.2 Å². The Morgan fingerprint density at radius 2 is 1.92 bits per heavy atom. The molecule has 0 bridgehead atoms. The van der Waals surface area contributed by atoms with Crippen molar-refractivity contribution in [1.82, 2.24) is 20.3 Å². The summed E-state index contributed by atoms with van der Waals surface area (Å²) in [6, 6.07) is 11.5. The molecule has 2 heterocycles. The number of pyridine rings is 1. The molecule has 0 radical (unpaired) electrons. The second-order valence-corrected chi connectivity index (χ2v) is 5.91. The molecule has 2 aromatic heterocycles. The fourth-order valence-corrected chi connectivity index (χ4v) is 2.65. The van der Waals surface area contributed by atoms with E-state index in [1.54, 1.807) is 18.5 Å². The van der Waals surface area contributed by atoms with Crippen LogP contribution in [0, 0.1) is 6.92 Å². The number of para-hydroxylation sites is 1. The van der Waals surface area contributed by atoms with E-state index >= 15 is 0 Å². The Balaban J connectivity index is 1.73.